The lowest BCUT2D eigenvalue weighted by Gasteiger charge is -2.20. The van der Waals surface area contributed by atoms with Gasteiger partial charge in [0.1, 0.15) is 5.82 Å². The van der Waals surface area contributed by atoms with Gasteiger partial charge in [0, 0.05) is 15.5 Å². The molecule has 21 heavy (non-hydrogen) atoms. The van der Waals surface area contributed by atoms with E-state index in [4.69, 9.17) is 11.6 Å². The molecule has 1 unspecified atom stereocenters. The molecule has 2 aromatic carbocycles. The lowest BCUT2D eigenvalue weighted by molar-refractivity contribution is 0.548. The third-order valence-corrected chi connectivity index (χ3v) is 4.69. The summed E-state index contributed by atoms with van der Waals surface area (Å²) in [6.07, 6.45) is 0.725. The zero-order valence-corrected chi connectivity index (χ0v) is 14.4. The van der Waals surface area contributed by atoms with Crippen molar-refractivity contribution in [2.45, 2.75) is 26.3 Å². The van der Waals surface area contributed by atoms with Crippen molar-refractivity contribution in [3.63, 3.8) is 0 Å². The van der Waals surface area contributed by atoms with Gasteiger partial charge in [-0.05, 0) is 54.8 Å². The van der Waals surface area contributed by atoms with E-state index in [0.29, 0.717) is 5.02 Å². The van der Waals surface area contributed by atoms with Gasteiger partial charge in [0.15, 0.2) is 0 Å². The van der Waals surface area contributed by atoms with E-state index in [9.17, 15) is 4.39 Å². The van der Waals surface area contributed by atoms with Crippen LogP contribution in [-0.4, -0.2) is 6.54 Å². The summed E-state index contributed by atoms with van der Waals surface area (Å²) in [6, 6.07) is 11.1. The van der Waals surface area contributed by atoms with Crippen molar-refractivity contribution in [3.8, 4) is 0 Å². The van der Waals surface area contributed by atoms with E-state index in [2.05, 4.69) is 53.3 Å². The molecule has 0 aliphatic carbocycles. The van der Waals surface area contributed by atoms with E-state index in [1.807, 2.05) is 0 Å². The van der Waals surface area contributed by atoms with Crippen LogP contribution in [0.25, 0.3) is 0 Å². The fourth-order valence-electron chi connectivity index (χ4n) is 2.29. The molecule has 0 heterocycles. The van der Waals surface area contributed by atoms with Crippen LogP contribution in [0.3, 0.4) is 0 Å². The van der Waals surface area contributed by atoms with Gasteiger partial charge in [0.25, 0.3) is 0 Å². The van der Waals surface area contributed by atoms with Gasteiger partial charge in [-0.2, -0.15) is 0 Å². The van der Waals surface area contributed by atoms with Crippen LogP contribution in [0.15, 0.2) is 40.9 Å². The summed E-state index contributed by atoms with van der Waals surface area (Å²) in [7, 11) is 0. The molecule has 0 saturated carbocycles. The first-order valence-electron chi connectivity index (χ1n) is 6.94. The highest BCUT2D eigenvalue weighted by molar-refractivity contribution is 9.10. The summed E-state index contributed by atoms with van der Waals surface area (Å²) < 4.78 is 14.2. The van der Waals surface area contributed by atoms with E-state index >= 15 is 0 Å². The van der Waals surface area contributed by atoms with Gasteiger partial charge in [-0.15, -0.1) is 0 Å². The summed E-state index contributed by atoms with van der Waals surface area (Å²) in [5.41, 5.74) is 3.34. The number of likely N-dealkylation sites (N-methyl/N-ethyl adjacent to an activating group) is 1. The Bertz CT molecular complexity index is 630. The lowest BCUT2D eigenvalue weighted by atomic mass is 9.98. The Morgan fingerprint density at radius 1 is 1.24 bits per heavy atom. The summed E-state index contributed by atoms with van der Waals surface area (Å²) in [6.45, 7) is 4.99. The summed E-state index contributed by atoms with van der Waals surface area (Å²) >= 11 is 9.71. The molecule has 4 heteroatoms. The third kappa shape index (κ3) is 4.29. The quantitative estimate of drug-likeness (QED) is 0.738. The van der Waals surface area contributed by atoms with Crippen molar-refractivity contribution in [2.75, 3.05) is 6.54 Å². The van der Waals surface area contributed by atoms with E-state index in [-0.39, 0.29) is 11.9 Å². The highest BCUT2D eigenvalue weighted by atomic mass is 79.9. The average molecular weight is 371 g/mol. The monoisotopic (exact) mass is 369 g/mol. The molecule has 0 aliphatic rings. The minimum atomic E-state index is -0.304. The molecule has 0 aliphatic heterocycles. The minimum absolute atomic E-state index is 0.148. The molecular formula is C17H18BrClFN. The maximum Gasteiger partial charge on any atom is 0.124 e. The second-order valence-electron chi connectivity index (χ2n) is 5.06. The van der Waals surface area contributed by atoms with E-state index in [1.54, 1.807) is 6.07 Å². The Morgan fingerprint density at radius 2 is 2.00 bits per heavy atom. The zero-order chi connectivity index (χ0) is 15.4. The summed E-state index contributed by atoms with van der Waals surface area (Å²) in [5.74, 6) is -0.304. The minimum Gasteiger partial charge on any atom is -0.310 e. The molecule has 1 N–H and O–H groups in total. The molecular weight excluding hydrogens is 353 g/mol. The van der Waals surface area contributed by atoms with Crippen molar-refractivity contribution >= 4 is 27.5 Å². The molecule has 0 fully saturated rings. The first-order valence-corrected chi connectivity index (χ1v) is 8.11. The van der Waals surface area contributed by atoms with Gasteiger partial charge in [-0.25, -0.2) is 4.39 Å². The Kier molecular flexibility index (Phi) is 5.80. The molecule has 0 aromatic heterocycles. The van der Waals surface area contributed by atoms with Crippen LogP contribution in [0.5, 0.6) is 0 Å². The van der Waals surface area contributed by atoms with E-state index < -0.39 is 0 Å². The SMILES string of the molecule is CCNC(Cc1ccc(F)cc1Cl)c1ccc(C)c(Br)c1. The number of aryl methyl sites for hydroxylation is 1. The van der Waals surface area contributed by atoms with Gasteiger partial charge in [0.05, 0.1) is 0 Å². The molecule has 2 aromatic rings. The molecule has 0 spiro atoms. The smallest absolute Gasteiger partial charge is 0.124 e. The van der Waals surface area contributed by atoms with Crippen molar-refractivity contribution < 1.29 is 4.39 Å². The summed E-state index contributed by atoms with van der Waals surface area (Å²) in [5, 5.41) is 3.94. The van der Waals surface area contributed by atoms with Crippen LogP contribution >= 0.6 is 27.5 Å². The second kappa shape index (κ2) is 7.39. The maximum absolute atomic E-state index is 13.1. The standard InChI is InChI=1S/C17H18BrClFN/c1-3-21-17(13-5-4-11(2)15(18)8-13)9-12-6-7-14(20)10-16(12)19/h4-8,10,17,21H,3,9H2,1-2H3. The molecule has 0 bridgehead atoms. The predicted molar refractivity (Wildman–Crippen MR) is 90.4 cm³/mol. The fraction of sp³-hybridized carbons (Fsp3) is 0.294. The van der Waals surface area contributed by atoms with E-state index in [1.165, 1.54) is 23.3 Å². The van der Waals surface area contributed by atoms with Gasteiger partial charge < -0.3 is 5.32 Å². The first-order chi connectivity index (χ1) is 10.0. The Hall–Kier alpha value is -0.900. The largest absolute Gasteiger partial charge is 0.310 e. The van der Waals surface area contributed by atoms with Crippen molar-refractivity contribution in [3.05, 3.63) is 68.4 Å². The molecule has 1 nitrogen and oxygen atoms in total. The zero-order valence-electron chi connectivity index (χ0n) is 12.1. The molecule has 0 saturated heterocycles. The number of benzene rings is 2. The van der Waals surface area contributed by atoms with Gasteiger partial charge in [-0.1, -0.05) is 52.7 Å². The number of hydrogen-bond acceptors (Lipinski definition) is 1. The second-order valence-corrected chi connectivity index (χ2v) is 6.32. The molecule has 2 rings (SSSR count). The summed E-state index contributed by atoms with van der Waals surface area (Å²) in [4.78, 5) is 0. The number of rotatable bonds is 5. The first kappa shape index (κ1) is 16.5. The number of nitrogens with one attached hydrogen (secondary N) is 1. The highest BCUT2D eigenvalue weighted by Crippen LogP contribution is 2.27. The normalized spacial score (nSPS) is 12.4. The molecule has 112 valence electrons. The third-order valence-electron chi connectivity index (χ3n) is 3.49. The average Bonchev–Trinajstić information content (AvgIpc) is 2.44. The van der Waals surface area contributed by atoms with Crippen molar-refractivity contribution in [1.29, 1.82) is 0 Å². The topological polar surface area (TPSA) is 12.0 Å². The van der Waals surface area contributed by atoms with Gasteiger partial charge in [0.2, 0.25) is 0 Å². The Labute approximate surface area is 138 Å². The fourth-order valence-corrected chi connectivity index (χ4v) is 2.93. The Morgan fingerprint density at radius 3 is 2.62 bits per heavy atom. The molecule has 0 amide bonds. The maximum atomic E-state index is 13.1. The van der Waals surface area contributed by atoms with Crippen LogP contribution in [-0.2, 0) is 6.42 Å². The Balaban J connectivity index is 2.28. The number of halogens is 3. The van der Waals surface area contributed by atoms with Gasteiger partial charge >= 0.3 is 0 Å². The molecule has 0 radical (unpaired) electrons. The molecule has 1 atom stereocenters. The van der Waals surface area contributed by atoms with Crippen LogP contribution in [0.2, 0.25) is 5.02 Å². The highest BCUT2D eigenvalue weighted by Gasteiger charge is 2.14. The van der Waals surface area contributed by atoms with Crippen LogP contribution < -0.4 is 5.32 Å². The van der Waals surface area contributed by atoms with Crippen LogP contribution in [0, 0.1) is 12.7 Å². The van der Waals surface area contributed by atoms with Crippen LogP contribution in [0.1, 0.15) is 29.7 Å². The lowest BCUT2D eigenvalue weighted by Crippen LogP contribution is -2.23. The van der Waals surface area contributed by atoms with Crippen LogP contribution in [0.4, 0.5) is 4.39 Å². The number of hydrogen-bond donors (Lipinski definition) is 1. The van der Waals surface area contributed by atoms with Crippen molar-refractivity contribution in [1.82, 2.24) is 5.32 Å². The van der Waals surface area contributed by atoms with Crippen molar-refractivity contribution in [2.24, 2.45) is 0 Å². The van der Waals surface area contributed by atoms with E-state index in [0.717, 1.165) is 23.0 Å². The predicted octanol–water partition coefficient (Wildman–Crippen LogP) is 5.44. The van der Waals surface area contributed by atoms with Gasteiger partial charge in [-0.3, -0.25) is 0 Å².